The molecule has 2 N–H and O–H groups in total. The molecular weight excluding hydrogens is 552 g/mol. The lowest BCUT2D eigenvalue weighted by molar-refractivity contribution is 0.262. The van der Waals surface area contributed by atoms with Crippen molar-refractivity contribution in [2.24, 2.45) is 0 Å². The van der Waals surface area contributed by atoms with Gasteiger partial charge in [0.1, 0.15) is 29.4 Å². The minimum absolute atomic E-state index is 0.143. The van der Waals surface area contributed by atoms with Gasteiger partial charge in [-0.15, -0.1) is 0 Å². The molecule has 0 saturated heterocycles. The van der Waals surface area contributed by atoms with E-state index in [9.17, 15) is 9.59 Å². The predicted molar refractivity (Wildman–Crippen MR) is 177 cm³/mol. The van der Waals surface area contributed by atoms with Gasteiger partial charge in [-0.05, 0) is 64.9 Å². The molecule has 0 bridgehead atoms. The summed E-state index contributed by atoms with van der Waals surface area (Å²) >= 11 is 0. The number of carbonyl (C=O) groups is 1. The second kappa shape index (κ2) is 13.5. The number of urea groups is 1. The van der Waals surface area contributed by atoms with Crippen LogP contribution in [0.2, 0.25) is 0 Å². The van der Waals surface area contributed by atoms with Crippen molar-refractivity contribution in [2.75, 3.05) is 24.4 Å². The van der Waals surface area contributed by atoms with E-state index in [0.717, 1.165) is 16.8 Å². The zero-order chi connectivity index (χ0) is 31.2. The fraction of sp³-hybridized carbons (Fsp3) is 0.250. The molecule has 0 aliphatic heterocycles. The highest BCUT2D eigenvalue weighted by atomic mass is 16.5. The van der Waals surface area contributed by atoms with E-state index in [1.807, 2.05) is 84.9 Å². The maximum Gasteiger partial charge on any atom is 0.323 e. The van der Waals surface area contributed by atoms with Gasteiger partial charge in [0.25, 0.3) is 5.56 Å². The van der Waals surface area contributed by atoms with Crippen LogP contribution in [0, 0.1) is 0 Å². The number of hydrogen-bond donors (Lipinski definition) is 2. The number of methoxy groups -OCH3 is 1. The Labute approximate surface area is 257 Å². The minimum atomic E-state index is -0.503. The number of anilines is 2. The predicted octanol–water partition coefficient (Wildman–Crippen LogP) is 8.04. The summed E-state index contributed by atoms with van der Waals surface area (Å²) in [6, 6.07) is 26.1. The fourth-order valence-corrected chi connectivity index (χ4v) is 5.41. The number of hydrogen-bond acceptors (Lipinski definition) is 5. The Bertz CT molecular complexity index is 1800. The van der Waals surface area contributed by atoms with E-state index in [4.69, 9.17) is 9.47 Å². The molecule has 0 saturated carbocycles. The maximum atomic E-state index is 14.3. The summed E-state index contributed by atoms with van der Waals surface area (Å²) in [5.74, 6) is 1.70. The smallest absolute Gasteiger partial charge is 0.323 e. The van der Waals surface area contributed by atoms with Gasteiger partial charge in [0, 0.05) is 22.8 Å². The van der Waals surface area contributed by atoms with Gasteiger partial charge >= 0.3 is 6.03 Å². The highest BCUT2D eigenvalue weighted by Crippen LogP contribution is 2.36. The van der Waals surface area contributed by atoms with E-state index in [1.54, 1.807) is 17.9 Å². The first-order chi connectivity index (χ1) is 21.3. The standard InChI is InChI=1S/C36H38N4O4/c1-23(2)28-16-10-17-29(24(3)4)32(28)38-36(42)39-33-31(25-12-9-15-27(22-25)43-5)30-18-11-19-37-34(30)40(35(33)41)20-21-44-26-13-7-6-8-14-26/h6-19,22-24H,20-21H2,1-5H3,(H2,38,39,42). The number of aromatic nitrogens is 2. The van der Waals surface area contributed by atoms with E-state index in [1.165, 1.54) is 0 Å². The average Bonchev–Trinajstić information content (AvgIpc) is 3.03. The van der Waals surface area contributed by atoms with E-state index in [2.05, 4.69) is 43.3 Å². The van der Waals surface area contributed by atoms with Gasteiger partial charge in [-0.1, -0.05) is 76.2 Å². The molecule has 2 heterocycles. The molecule has 8 nitrogen and oxygen atoms in total. The molecule has 0 aliphatic rings. The zero-order valence-electron chi connectivity index (χ0n) is 25.8. The summed E-state index contributed by atoms with van der Waals surface area (Å²) in [6.07, 6.45) is 1.65. The van der Waals surface area contributed by atoms with Crippen molar-refractivity contribution in [3.63, 3.8) is 0 Å². The van der Waals surface area contributed by atoms with Gasteiger partial charge < -0.3 is 20.1 Å². The molecule has 3 aromatic carbocycles. The number of para-hydroxylation sites is 2. The summed E-state index contributed by atoms with van der Waals surface area (Å²) in [7, 11) is 1.59. The van der Waals surface area contributed by atoms with Crippen LogP contribution in [-0.2, 0) is 6.54 Å². The van der Waals surface area contributed by atoms with E-state index in [0.29, 0.717) is 33.7 Å². The third kappa shape index (κ3) is 6.44. The Morgan fingerprint density at radius 2 is 1.48 bits per heavy atom. The van der Waals surface area contributed by atoms with Crippen molar-refractivity contribution < 1.29 is 14.3 Å². The molecular formula is C36H38N4O4. The van der Waals surface area contributed by atoms with Crippen molar-refractivity contribution in [3.05, 3.63) is 113 Å². The highest BCUT2D eigenvalue weighted by molar-refractivity contribution is 6.07. The lowest BCUT2D eigenvalue weighted by Crippen LogP contribution is -2.31. The Hall–Kier alpha value is -5.11. The van der Waals surface area contributed by atoms with E-state index < -0.39 is 6.03 Å². The van der Waals surface area contributed by atoms with Gasteiger partial charge in [-0.3, -0.25) is 9.36 Å². The Morgan fingerprint density at radius 3 is 2.16 bits per heavy atom. The molecule has 2 amide bonds. The molecule has 0 radical (unpaired) electrons. The van der Waals surface area contributed by atoms with E-state index >= 15 is 0 Å². The number of nitrogens with zero attached hydrogens (tertiary/aromatic N) is 2. The number of ether oxygens (including phenoxy) is 2. The first-order valence-electron chi connectivity index (χ1n) is 14.8. The zero-order valence-corrected chi connectivity index (χ0v) is 25.8. The number of carbonyl (C=O) groups excluding carboxylic acids is 1. The number of nitrogens with one attached hydrogen (secondary N) is 2. The Kier molecular flexibility index (Phi) is 9.29. The monoisotopic (exact) mass is 590 g/mol. The van der Waals surface area contributed by atoms with Crippen molar-refractivity contribution in [2.45, 2.75) is 46.1 Å². The third-order valence-electron chi connectivity index (χ3n) is 7.56. The van der Waals surface area contributed by atoms with Gasteiger partial charge in [-0.2, -0.15) is 0 Å². The fourth-order valence-electron chi connectivity index (χ4n) is 5.41. The van der Waals surface area contributed by atoms with Crippen LogP contribution in [0.3, 0.4) is 0 Å². The largest absolute Gasteiger partial charge is 0.497 e. The summed E-state index contributed by atoms with van der Waals surface area (Å²) in [5.41, 5.74) is 4.34. The third-order valence-corrected chi connectivity index (χ3v) is 7.56. The Morgan fingerprint density at radius 1 is 0.818 bits per heavy atom. The summed E-state index contributed by atoms with van der Waals surface area (Å²) in [4.78, 5) is 32.7. The molecule has 44 heavy (non-hydrogen) atoms. The number of pyridine rings is 2. The molecule has 0 aliphatic carbocycles. The lowest BCUT2D eigenvalue weighted by Gasteiger charge is -2.22. The summed E-state index contributed by atoms with van der Waals surface area (Å²) < 4.78 is 13.0. The molecule has 5 rings (SSSR count). The maximum absolute atomic E-state index is 14.3. The van der Waals surface area contributed by atoms with Crippen LogP contribution in [0.4, 0.5) is 16.2 Å². The van der Waals surface area contributed by atoms with Crippen LogP contribution in [0.25, 0.3) is 22.2 Å². The number of rotatable bonds is 10. The van der Waals surface area contributed by atoms with Crippen LogP contribution in [0.5, 0.6) is 11.5 Å². The van der Waals surface area contributed by atoms with Crippen LogP contribution < -0.4 is 25.7 Å². The quantitative estimate of drug-likeness (QED) is 0.172. The van der Waals surface area contributed by atoms with Gasteiger partial charge in [0.2, 0.25) is 0 Å². The van der Waals surface area contributed by atoms with E-state index in [-0.39, 0.29) is 36.2 Å². The normalized spacial score (nSPS) is 11.2. The van der Waals surface area contributed by atoms with Crippen molar-refractivity contribution in [1.82, 2.24) is 9.55 Å². The second-order valence-corrected chi connectivity index (χ2v) is 11.2. The number of fused-ring (bicyclic) bond motifs is 1. The van der Waals surface area contributed by atoms with Gasteiger partial charge in [-0.25, -0.2) is 9.78 Å². The first-order valence-corrected chi connectivity index (χ1v) is 14.8. The Balaban J connectivity index is 1.62. The average molecular weight is 591 g/mol. The van der Waals surface area contributed by atoms with Gasteiger partial charge in [0.05, 0.1) is 13.7 Å². The minimum Gasteiger partial charge on any atom is -0.497 e. The molecule has 0 spiro atoms. The van der Waals surface area contributed by atoms with Crippen LogP contribution in [-0.4, -0.2) is 29.3 Å². The molecule has 8 heteroatoms. The summed E-state index contributed by atoms with van der Waals surface area (Å²) in [5, 5.41) is 6.74. The lowest BCUT2D eigenvalue weighted by atomic mass is 9.93. The summed E-state index contributed by atoms with van der Waals surface area (Å²) in [6.45, 7) is 8.83. The van der Waals surface area contributed by atoms with Crippen molar-refractivity contribution in [1.29, 1.82) is 0 Å². The van der Waals surface area contributed by atoms with Gasteiger partial charge in [0.15, 0.2) is 0 Å². The van der Waals surface area contributed by atoms with Crippen molar-refractivity contribution in [3.8, 4) is 22.6 Å². The van der Waals surface area contributed by atoms with Crippen LogP contribution >= 0.6 is 0 Å². The molecule has 2 aromatic heterocycles. The molecule has 0 fully saturated rings. The molecule has 5 aromatic rings. The highest BCUT2D eigenvalue weighted by Gasteiger charge is 2.23. The molecule has 0 unspecified atom stereocenters. The SMILES string of the molecule is COc1cccc(-c2c(NC(=O)Nc3c(C(C)C)cccc3C(C)C)c(=O)n(CCOc3ccccc3)c3ncccc23)c1. The molecule has 0 atom stereocenters. The van der Waals surface area contributed by atoms with Crippen molar-refractivity contribution >= 4 is 28.4 Å². The number of benzene rings is 3. The first kappa shape index (κ1) is 30.4. The topological polar surface area (TPSA) is 94.5 Å². The van der Waals surface area contributed by atoms with Crippen LogP contribution in [0.15, 0.2) is 95.9 Å². The second-order valence-electron chi connectivity index (χ2n) is 11.2. The number of amides is 2. The molecule has 226 valence electrons. The van der Waals surface area contributed by atoms with Crippen LogP contribution in [0.1, 0.15) is 50.7 Å².